The molecule has 0 bridgehead atoms. The number of Topliss-reactive ketones (excluding diaryl/α,β-unsaturated/α-hetero) is 1. The number of rotatable bonds is 8. The van der Waals surface area contributed by atoms with Gasteiger partial charge in [-0.3, -0.25) is 19.3 Å². The summed E-state index contributed by atoms with van der Waals surface area (Å²) in [6.45, 7) is 3.47. The van der Waals surface area contributed by atoms with Crippen molar-refractivity contribution >= 4 is 29.1 Å². The number of hydrogen-bond donors (Lipinski definition) is 2. The maximum atomic E-state index is 12.7. The molecular weight excluding hydrogens is 452 g/mol. The molecule has 1 amide bonds. The SMILES string of the molecule is COc1ccccc1CN1CCc2nc(SCC(=O)Nc3ccc(C(C)=O)cc3)[nH]c(=O)c2C1. The molecule has 34 heavy (non-hydrogen) atoms. The Hall–Kier alpha value is -3.43. The first-order valence-electron chi connectivity index (χ1n) is 10.9. The number of benzene rings is 2. The number of carbonyl (C=O) groups is 2. The van der Waals surface area contributed by atoms with Gasteiger partial charge < -0.3 is 15.0 Å². The van der Waals surface area contributed by atoms with Gasteiger partial charge in [0.15, 0.2) is 10.9 Å². The number of para-hydroxylation sites is 1. The lowest BCUT2D eigenvalue weighted by molar-refractivity contribution is -0.113. The third kappa shape index (κ3) is 5.73. The zero-order valence-electron chi connectivity index (χ0n) is 19.1. The van der Waals surface area contributed by atoms with Crippen molar-refractivity contribution in [3.8, 4) is 5.75 Å². The fourth-order valence-electron chi connectivity index (χ4n) is 3.86. The van der Waals surface area contributed by atoms with Crippen LogP contribution in [0.2, 0.25) is 0 Å². The van der Waals surface area contributed by atoms with E-state index in [1.54, 1.807) is 31.4 Å². The summed E-state index contributed by atoms with van der Waals surface area (Å²) in [6.07, 6.45) is 0.663. The normalized spacial score (nSPS) is 13.2. The zero-order valence-corrected chi connectivity index (χ0v) is 19.9. The standard InChI is InChI=1S/C25H26N4O4S/c1-16(30)17-7-9-19(10-8-17)26-23(31)15-34-25-27-21-11-12-29(14-20(21)24(32)28-25)13-18-5-3-4-6-22(18)33-2/h3-10H,11-15H2,1-2H3,(H,26,31)(H,27,28,32). The summed E-state index contributed by atoms with van der Waals surface area (Å²) in [6, 6.07) is 14.6. The number of amides is 1. The second-order valence-electron chi connectivity index (χ2n) is 8.04. The molecule has 0 unspecified atom stereocenters. The van der Waals surface area contributed by atoms with Gasteiger partial charge in [-0.05, 0) is 37.3 Å². The highest BCUT2D eigenvalue weighted by atomic mass is 32.2. The number of thioether (sulfide) groups is 1. The van der Waals surface area contributed by atoms with Gasteiger partial charge in [0.2, 0.25) is 5.91 Å². The van der Waals surface area contributed by atoms with Gasteiger partial charge >= 0.3 is 0 Å². The maximum absolute atomic E-state index is 12.7. The quantitative estimate of drug-likeness (QED) is 0.291. The lowest BCUT2D eigenvalue weighted by Gasteiger charge is -2.28. The minimum atomic E-state index is -0.219. The first-order chi connectivity index (χ1) is 16.4. The predicted octanol–water partition coefficient (Wildman–Crippen LogP) is 3.27. The third-order valence-electron chi connectivity index (χ3n) is 5.63. The summed E-state index contributed by atoms with van der Waals surface area (Å²) >= 11 is 1.19. The van der Waals surface area contributed by atoms with E-state index in [1.165, 1.54) is 18.7 Å². The fourth-order valence-corrected chi connectivity index (χ4v) is 4.53. The summed E-state index contributed by atoms with van der Waals surface area (Å²) in [5.74, 6) is 0.693. The van der Waals surface area contributed by atoms with Crippen LogP contribution in [0.25, 0.3) is 0 Å². The van der Waals surface area contributed by atoms with Crippen molar-refractivity contribution in [2.24, 2.45) is 0 Å². The van der Waals surface area contributed by atoms with Gasteiger partial charge in [-0.15, -0.1) is 0 Å². The largest absolute Gasteiger partial charge is 0.496 e. The van der Waals surface area contributed by atoms with Crippen LogP contribution in [0.15, 0.2) is 58.5 Å². The molecule has 0 atom stereocenters. The number of nitrogens with zero attached hydrogens (tertiary/aromatic N) is 2. The Morgan fingerprint density at radius 3 is 2.68 bits per heavy atom. The second kappa shape index (κ2) is 10.7. The van der Waals surface area contributed by atoms with E-state index in [1.807, 2.05) is 24.3 Å². The number of carbonyl (C=O) groups excluding carboxylic acids is 2. The van der Waals surface area contributed by atoms with Gasteiger partial charge in [-0.2, -0.15) is 0 Å². The highest BCUT2D eigenvalue weighted by Gasteiger charge is 2.22. The number of H-pyrrole nitrogens is 1. The summed E-state index contributed by atoms with van der Waals surface area (Å²) < 4.78 is 5.44. The molecule has 0 spiro atoms. The predicted molar refractivity (Wildman–Crippen MR) is 131 cm³/mol. The van der Waals surface area contributed by atoms with Crippen LogP contribution < -0.4 is 15.6 Å². The molecule has 0 radical (unpaired) electrons. The van der Waals surface area contributed by atoms with Gasteiger partial charge in [0.1, 0.15) is 5.75 Å². The molecule has 2 N–H and O–H groups in total. The van der Waals surface area contributed by atoms with E-state index in [2.05, 4.69) is 20.2 Å². The van der Waals surface area contributed by atoms with Crippen molar-refractivity contribution in [3.05, 3.63) is 81.3 Å². The molecule has 2 heterocycles. The molecule has 1 aliphatic rings. The highest BCUT2D eigenvalue weighted by Crippen LogP contribution is 2.23. The minimum Gasteiger partial charge on any atom is -0.496 e. The topological polar surface area (TPSA) is 104 Å². The lowest BCUT2D eigenvalue weighted by atomic mass is 10.1. The Morgan fingerprint density at radius 1 is 1.18 bits per heavy atom. The van der Waals surface area contributed by atoms with Crippen molar-refractivity contribution in [3.63, 3.8) is 0 Å². The van der Waals surface area contributed by atoms with E-state index in [-0.39, 0.29) is 23.0 Å². The molecule has 2 aromatic carbocycles. The Bertz CT molecular complexity index is 1260. The number of nitrogens with one attached hydrogen (secondary N) is 2. The second-order valence-corrected chi connectivity index (χ2v) is 9.00. The van der Waals surface area contributed by atoms with E-state index in [4.69, 9.17) is 4.74 Å². The number of ketones is 1. The summed E-state index contributed by atoms with van der Waals surface area (Å²) in [5, 5.41) is 3.22. The number of hydrogen-bond acceptors (Lipinski definition) is 7. The van der Waals surface area contributed by atoms with Gasteiger partial charge in [-0.1, -0.05) is 30.0 Å². The smallest absolute Gasteiger partial charge is 0.256 e. The van der Waals surface area contributed by atoms with E-state index in [0.717, 1.165) is 23.6 Å². The molecule has 1 aromatic heterocycles. The molecule has 0 saturated heterocycles. The number of fused-ring (bicyclic) bond motifs is 1. The van der Waals surface area contributed by atoms with Crippen molar-refractivity contribution in [2.45, 2.75) is 31.6 Å². The Balaban J connectivity index is 1.36. The molecule has 0 fully saturated rings. The fraction of sp³-hybridized carbons (Fsp3) is 0.280. The molecule has 3 aromatic rings. The van der Waals surface area contributed by atoms with Gasteiger partial charge in [0, 0.05) is 42.9 Å². The summed E-state index contributed by atoms with van der Waals surface area (Å²) in [4.78, 5) is 46.0. The Labute approximate surface area is 201 Å². The first kappa shape index (κ1) is 23.7. The van der Waals surface area contributed by atoms with Crippen molar-refractivity contribution in [1.29, 1.82) is 0 Å². The molecule has 0 saturated carbocycles. The molecule has 8 nitrogen and oxygen atoms in total. The van der Waals surface area contributed by atoms with Gasteiger partial charge in [0.05, 0.1) is 24.1 Å². The van der Waals surface area contributed by atoms with Crippen LogP contribution in [-0.2, 0) is 24.3 Å². The molecule has 1 aliphatic heterocycles. The van der Waals surface area contributed by atoms with Crippen molar-refractivity contribution in [1.82, 2.24) is 14.9 Å². The number of methoxy groups -OCH3 is 1. The van der Waals surface area contributed by atoms with E-state index in [9.17, 15) is 14.4 Å². The molecule has 4 rings (SSSR count). The molecule has 9 heteroatoms. The van der Waals surface area contributed by atoms with Gasteiger partial charge in [0.25, 0.3) is 5.56 Å². The van der Waals surface area contributed by atoms with Crippen molar-refractivity contribution in [2.75, 3.05) is 24.7 Å². The third-order valence-corrected chi connectivity index (χ3v) is 6.50. The number of aromatic nitrogens is 2. The van der Waals surface area contributed by atoms with E-state index in [0.29, 0.717) is 41.5 Å². The van der Waals surface area contributed by atoms with Crippen LogP contribution in [0.1, 0.15) is 34.1 Å². The van der Waals surface area contributed by atoms with Crippen molar-refractivity contribution < 1.29 is 14.3 Å². The number of anilines is 1. The Kier molecular flexibility index (Phi) is 7.44. The maximum Gasteiger partial charge on any atom is 0.256 e. The number of ether oxygens (including phenoxy) is 1. The average molecular weight is 479 g/mol. The minimum absolute atomic E-state index is 0.0289. The zero-order chi connectivity index (χ0) is 24.1. The highest BCUT2D eigenvalue weighted by molar-refractivity contribution is 7.99. The summed E-state index contributed by atoms with van der Waals surface area (Å²) in [7, 11) is 1.66. The van der Waals surface area contributed by atoms with E-state index >= 15 is 0 Å². The molecular formula is C25H26N4O4S. The first-order valence-corrected chi connectivity index (χ1v) is 11.9. The van der Waals surface area contributed by atoms with Crippen LogP contribution in [0.5, 0.6) is 5.75 Å². The van der Waals surface area contributed by atoms with Crippen LogP contribution in [0.3, 0.4) is 0 Å². The van der Waals surface area contributed by atoms with Crippen LogP contribution in [0.4, 0.5) is 5.69 Å². The van der Waals surface area contributed by atoms with Crippen LogP contribution >= 0.6 is 11.8 Å². The number of aromatic amines is 1. The van der Waals surface area contributed by atoms with Crippen LogP contribution in [0, 0.1) is 0 Å². The summed E-state index contributed by atoms with van der Waals surface area (Å²) in [5.41, 5.74) is 3.55. The lowest BCUT2D eigenvalue weighted by Crippen LogP contribution is -2.35. The molecule has 0 aliphatic carbocycles. The Morgan fingerprint density at radius 2 is 1.94 bits per heavy atom. The monoisotopic (exact) mass is 478 g/mol. The molecule has 176 valence electrons. The van der Waals surface area contributed by atoms with Gasteiger partial charge in [-0.25, -0.2) is 4.98 Å². The average Bonchev–Trinajstić information content (AvgIpc) is 2.84. The van der Waals surface area contributed by atoms with Crippen LogP contribution in [-0.4, -0.2) is 46.0 Å². The van der Waals surface area contributed by atoms with E-state index < -0.39 is 0 Å².